The van der Waals surface area contributed by atoms with Crippen LogP contribution in [0.2, 0.25) is 0 Å². The van der Waals surface area contributed by atoms with E-state index in [0.717, 1.165) is 43.4 Å². The molecule has 0 aromatic carbocycles. The summed E-state index contributed by atoms with van der Waals surface area (Å²) in [6.07, 6.45) is 10.1. The molecule has 1 aromatic rings. The van der Waals surface area contributed by atoms with Crippen molar-refractivity contribution in [2.24, 2.45) is 5.92 Å². The second kappa shape index (κ2) is 6.77. The predicted octanol–water partition coefficient (Wildman–Crippen LogP) is 3.41. The average molecular weight is 276 g/mol. The van der Waals surface area contributed by atoms with Gasteiger partial charge < -0.3 is 9.73 Å². The number of hydrogen-bond donors (Lipinski definition) is 1. The number of nitrogens with zero attached hydrogens (tertiary/aromatic N) is 1. The first kappa shape index (κ1) is 14.2. The molecule has 112 valence electrons. The highest BCUT2D eigenvalue weighted by atomic mass is 16.3. The van der Waals surface area contributed by atoms with Gasteiger partial charge >= 0.3 is 0 Å². The quantitative estimate of drug-likeness (QED) is 0.827. The summed E-state index contributed by atoms with van der Waals surface area (Å²) >= 11 is 0. The van der Waals surface area contributed by atoms with Crippen molar-refractivity contribution in [3.8, 4) is 0 Å². The first-order valence-corrected chi connectivity index (χ1v) is 8.33. The molecular formula is C17H28N2O. The van der Waals surface area contributed by atoms with E-state index in [9.17, 15) is 0 Å². The molecule has 0 spiro atoms. The number of nitrogens with one attached hydrogen (secondary N) is 1. The highest BCUT2D eigenvalue weighted by Crippen LogP contribution is 2.28. The fraction of sp³-hybridized carbons (Fsp3) is 0.765. The monoisotopic (exact) mass is 276 g/mol. The van der Waals surface area contributed by atoms with Crippen molar-refractivity contribution in [1.29, 1.82) is 0 Å². The molecular weight excluding hydrogens is 248 g/mol. The van der Waals surface area contributed by atoms with Crippen molar-refractivity contribution in [3.63, 3.8) is 0 Å². The Morgan fingerprint density at radius 1 is 1.25 bits per heavy atom. The first-order chi connectivity index (χ1) is 9.83. The molecule has 1 N–H and O–H groups in total. The zero-order chi connectivity index (χ0) is 13.8. The average Bonchev–Trinajstić information content (AvgIpc) is 3.18. The van der Waals surface area contributed by atoms with Crippen LogP contribution >= 0.6 is 0 Å². The normalized spacial score (nSPS) is 27.1. The van der Waals surface area contributed by atoms with Gasteiger partial charge in [-0.05, 0) is 43.7 Å². The van der Waals surface area contributed by atoms with Gasteiger partial charge in [-0.3, -0.25) is 4.90 Å². The second-order valence-corrected chi connectivity index (χ2v) is 6.60. The fourth-order valence-electron chi connectivity index (χ4n) is 3.45. The van der Waals surface area contributed by atoms with Gasteiger partial charge in [0.1, 0.15) is 5.76 Å². The van der Waals surface area contributed by atoms with E-state index in [1.807, 2.05) is 6.07 Å². The van der Waals surface area contributed by atoms with Crippen LogP contribution < -0.4 is 5.32 Å². The minimum absolute atomic E-state index is 0.744. The van der Waals surface area contributed by atoms with Gasteiger partial charge in [0.2, 0.25) is 0 Å². The van der Waals surface area contributed by atoms with Crippen LogP contribution in [0.5, 0.6) is 0 Å². The Balaban J connectivity index is 1.43. The van der Waals surface area contributed by atoms with Crippen molar-refractivity contribution in [3.05, 3.63) is 24.2 Å². The van der Waals surface area contributed by atoms with Crippen LogP contribution in [0.25, 0.3) is 0 Å². The van der Waals surface area contributed by atoms with Gasteiger partial charge in [-0.15, -0.1) is 0 Å². The molecule has 0 aliphatic heterocycles. The van der Waals surface area contributed by atoms with E-state index in [2.05, 4.69) is 23.2 Å². The Morgan fingerprint density at radius 2 is 2.10 bits per heavy atom. The fourth-order valence-corrected chi connectivity index (χ4v) is 3.45. The van der Waals surface area contributed by atoms with E-state index in [1.165, 1.54) is 38.5 Å². The standard InChI is InChI=1S/C17H28N2O/c1-14-5-2-3-7-17(14)18-10-11-19(15-8-9-15)13-16-6-4-12-20-16/h4,6,12,14-15,17-18H,2-3,5,7-11,13H2,1H3. The number of hydrogen-bond acceptors (Lipinski definition) is 3. The topological polar surface area (TPSA) is 28.4 Å². The van der Waals surface area contributed by atoms with E-state index in [0.29, 0.717) is 0 Å². The summed E-state index contributed by atoms with van der Waals surface area (Å²) in [5.41, 5.74) is 0. The molecule has 3 rings (SSSR count). The SMILES string of the molecule is CC1CCCCC1NCCN(Cc1ccco1)C1CC1. The van der Waals surface area contributed by atoms with Gasteiger partial charge in [0.25, 0.3) is 0 Å². The van der Waals surface area contributed by atoms with Gasteiger partial charge in [0.15, 0.2) is 0 Å². The molecule has 2 aliphatic rings. The van der Waals surface area contributed by atoms with Gasteiger partial charge in [-0.25, -0.2) is 0 Å². The summed E-state index contributed by atoms with van der Waals surface area (Å²) in [5.74, 6) is 1.95. The molecule has 3 heteroatoms. The lowest BCUT2D eigenvalue weighted by Gasteiger charge is -2.31. The van der Waals surface area contributed by atoms with E-state index < -0.39 is 0 Å². The van der Waals surface area contributed by atoms with E-state index in [-0.39, 0.29) is 0 Å². The molecule has 0 radical (unpaired) electrons. The lowest BCUT2D eigenvalue weighted by molar-refractivity contribution is 0.216. The number of furan rings is 1. The third-order valence-electron chi connectivity index (χ3n) is 4.92. The zero-order valence-corrected chi connectivity index (χ0v) is 12.7. The van der Waals surface area contributed by atoms with Crippen molar-refractivity contribution in [2.45, 2.75) is 64.1 Å². The summed E-state index contributed by atoms with van der Waals surface area (Å²) in [7, 11) is 0. The Hall–Kier alpha value is -0.800. The van der Waals surface area contributed by atoms with E-state index in [4.69, 9.17) is 4.42 Å². The molecule has 2 saturated carbocycles. The maximum Gasteiger partial charge on any atom is 0.117 e. The van der Waals surface area contributed by atoms with Crippen molar-refractivity contribution >= 4 is 0 Å². The highest BCUT2D eigenvalue weighted by molar-refractivity contribution is 4.99. The molecule has 2 aliphatic carbocycles. The van der Waals surface area contributed by atoms with Crippen LogP contribution in [0.1, 0.15) is 51.2 Å². The van der Waals surface area contributed by atoms with Crippen LogP contribution in [0.15, 0.2) is 22.8 Å². The smallest absolute Gasteiger partial charge is 0.117 e. The van der Waals surface area contributed by atoms with E-state index >= 15 is 0 Å². The summed E-state index contributed by atoms with van der Waals surface area (Å²) in [6.45, 7) is 5.64. The Bertz CT molecular complexity index is 386. The van der Waals surface area contributed by atoms with Crippen LogP contribution in [-0.2, 0) is 6.54 Å². The first-order valence-electron chi connectivity index (χ1n) is 8.33. The molecule has 2 fully saturated rings. The molecule has 0 bridgehead atoms. The van der Waals surface area contributed by atoms with Gasteiger partial charge in [0.05, 0.1) is 12.8 Å². The Morgan fingerprint density at radius 3 is 2.80 bits per heavy atom. The highest BCUT2D eigenvalue weighted by Gasteiger charge is 2.29. The predicted molar refractivity (Wildman–Crippen MR) is 81.6 cm³/mol. The zero-order valence-electron chi connectivity index (χ0n) is 12.7. The molecule has 1 heterocycles. The van der Waals surface area contributed by atoms with Gasteiger partial charge in [-0.1, -0.05) is 19.8 Å². The maximum atomic E-state index is 5.49. The molecule has 3 nitrogen and oxygen atoms in total. The largest absolute Gasteiger partial charge is 0.468 e. The third kappa shape index (κ3) is 3.86. The molecule has 0 amide bonds. The molecule has 2 unspecified atom stereocenters. The van der Waals surface area contributed by atoms with E-state index in [1.54, 1.807) is 6.26 Å². The Labute approximate surface area is 122 Å². The van der Waals surface area contributed by atoms with Crippen molar-refractivity contribution in [2.75, 3.05) is 13.1 Å². The van der Waals surface area contributed by atoms with Crippen LogP contribution in [0.4, 0.5) is 0 Å². The third-order valence-corrected chi connectivity index (χ3v) is 4.92. The summed E-state index contributed by atoms with van der Waals surface area (Å²) in [4.78, 5) is 2.58. The summed E-state index contributed by atoms with van der Waals surface area (Å²) in [5, 5.41) is 3.79. The molecule has 0 saturated heterocycles. The van der Waals surface area contributed by atoms with Crippen LogP contribution in [0, 0.1) is 5.92 Å². The minimum Gasteiger partial charge on any atom is -0.468 e. The minimum atomic E-state index is 0.744. The molecule has 2 atom stereocenters. The molecule has 20 heavy (non-hydrogen) atoms. The lowest BCUT2D eigenvalue weighted by atomic mass is 9.86. The summed E-state index contributed by atoms with van der Waals surface area (Å²) in [6, 6.07) is 5.62. The summed E-state index contributed by atoms with van der Waals surface area (Å²) < 4.78 is 5.49. The molecule has 1 aromatic heterocycles. The van der Waals surface area contributed by atoms with Crippen LogP contribution in [-0.4, -0.2) is 30.1 Å². The van der Waals surface area contributed by atoms with Crippen molar-refractivity contribution < 1.29 is 4.42 Å². The maximum absolute atomic E-state index is 5.49. The Kier molecular flexibility index (Phi) is 4.79. The van der Waals surface area contributed by atoms with Gasteiger partial charge in [0, 0.05) is 25.2 Å². The lowest BCUT2D eigenvalue weighted by Crippen LogP contribution is -2.42. The van der Waals surface area contributed by atoms with Gasteiger partial charge in [-0.2, -0.15) is 0 Å². The van der Waals surface area contributed by atoms with Crippen molar-refractivity contribution in [1.82, 2.24) is 10.2 Å². The van der Waals surface area contributed by atoms with Crippen LogP contribution in [0.3, 0.4) is 0 Å². The second-order valence-electron chi connectivity index (χ2n) is 6.60. The number of rotatable bonds is 7.